The highest BCUT2D eigenvalue weighted by atomic mass is 19.1. The Hall–Kier alpha value is -3.06. The number of amides is 1. The van der Waals surface area contributed by atoms with Crippen LogP contribution in [-0.2, 0) is 19.6 Å². The van der Waals surface area contributed by atoms with Gasteiger partial charge in [-0.15, -0.1) is 0 Å². The normalized spacial score (nSPS) is 18.9. The summed E-state index contributed by atoms with van der Waals surface area (Å²) in [5.41, 5.74) is 5.43. The molecule has 1 aromatic carbocycles. The molecular formula is C28H32FN5O. The van der Waals surface area contributed by atoms with Crippen molar-refractivity contribution in [3.05, 3.63) is 59.3 Å². The van der Waals surface area contributed by atoms with Gasteiger partial charge in [0.25, 0.3) is 5.91 Å². The van der Waals surface area contributed by atoms with Crippen molar-refractivity contribution < 1.29 is 9.18 Å². The molecule has 2 aliphatic carbocycles. The van der Waals surface area contributed by atoms with E-state index >= 15 is 4.39 Å². The molecule has 2 saturated carbocycles. The standard InChI is InChI=1S/C28H32FN5O/c1-28(11-3-4-12-28)17-34-26(29)24(15-31-34)22-10-7-20(14-30-2)32-25(22)18-5-6-19-16-33(21-8-9-21)27(35)23(19)13-18/h5-7,10,13,15,21,30H,3-4,8-9,11-12,14,16-17H2,1-2H3. The molecule has 0 spiro atoms. The summed E-state index contributed by atoms with van der Waals surface area (Å²) < 4.78 is 17.2. The van der Waals surface area contributed by atoms with Crippen molar-refractivity contribution in [2.24, 2.45) is 5.41 Å². The lowest BCUT2D eigenvalue weighted by atomic mass is 9.89. The molecule has 2 aromatic heterocycles. The summed E-state index contributed by atoms with van der Waals surface area (Å²) in [6.07, 6.45) is 8.41. The van der Waals surface area contributed by atoms with Crippen molar-refractivity contribution in [3.8, 4) is 22.4 Å². The maximum atomic E-state index is 15.7. The predicted molar refractivity (Wildman–Crippen MR) is 133 cm³/mol. The molecule has 0 radical (unpaired) electrons. The summed E-state index contributed by atoms with van der Waals surface area (Å²) in [7, 11) is 1.88. The molecule has 3 aromatic rings. The summed E-state index contributed by atoms with van der Waals surface area (Å²) in [6.45, 7) is 4.10. The van der Waals surface area contributed by atoms with Crippen LogP contribution in [0.5, 0.6) is 0 Å². The Morgan fingerprint density at radius 2 is 1.91 bits per heavy atom. The molecule has 6 rings (SSSR count). The number of aromatic nitrogens is 3. The molecule has 0 atom stereocenters. The molecule has 0 bridgehead atoms. The van der Waals surface area contributed by atoms with Gasteiger partial charge >= 0.3 is 0 Å². The number of carbonyl (C=O) groups is 1. The number of hydrogen-bond donors (Lipinski definition) is 1. The van der Waals surface area contributed by atoms with E-state index in [1.165, 1.54) is 17.5 Å². The van der Waals surface area contributed by atoms with E-state index in [9.17, 15) is 4.79 Å². The van der Waals surface area contributed by atoms with Crippen molar-refractivity contribution in [2.75, 3.05) is 7.05 Å². The molecule has 35 heavy (non-hydrogen) atoms. The zero-order valence-corrected chi connectivity index (χ0v) is 20.5. The second-order valence-electron chi connectivity index (χ2n) is 10.8. The Labute approximate surface area is 205 Å². The first-order valence-electron chi connectivity index (χ1n) is 12.8. The third-order valence-electron chi connectivity index (χ3n) is 7.92. The van der Waals surface area contributed by atoms with Crippen molar-refractivity contribution >= 4 is 5.91 Å². The maximum absolute atomic E-state index is 15.7. The van der Waals surface area contributed by atoms with Crippen LogP contribution in [0.4, 0.5) is 4.39 Å². The van der Waals surface area contributed by atoms with E-state index in [0.717, 1.165) is 48.1 Å². The first-order chi connectivity index (χ1) is 17.0. The third kappa shape index (κ3) is 4.05. The molecule has 0 unspecified atom stereocenters. The maximum Gasteiger partial charge on any atom is 0.254 e. The van der Waals surface area contributed by atoms with Crippen molar-refractivity contribution in [1.82, 2.24) is 25.0 Å². The molecule has 1 amide bonds. The van der Waals surface area contributed by atoms with Crippen LogP contribution in [0.15, 0.2) is 36.5 Å². The van der Waals surface area contributed by atoms with Gasteiger partial charge < -0.3 is 10.2 Å². The van der Waals surface area contributed by atoms with Crippen LogP contribution >= 0.6 is 0 Å². The zero-order chi connectivity index (χ0) is 24.2. The van der Waals surface area contributed by atoms with Gasteiger partial charge in [-0.3, -0.25) is 9.78 Å². The van der Waals surface area contributed by atoms with Crippen LogP contribution in [0.2, 0.25) is 0 Å². The van der Waals surface area contributed by atoms with Gasteiger partial charge in [-0.1, -0.05) is 38.0 Å². The molecule has 2 fully saturated rings. The van der Waals surface area contributed by atoms with Crippen LogP contribution in [0.3, 0.4) is 0 Å². The number of rotatable bonds is 7. The van der Waals surface area contributed by atoms with Gasteiger partial charge in [0.1, 0.15) is 0 Å². The van der Waals surface area contributed by atoms with Gasteiger partial charge in [0, 0.05) is 42.4 Å². The highest BCUT2D eigenvalue weighted by Crippen LogP contribution is 2.41. The summed E-state index contributed by atoms with van der Waals surface area (Å²) >= 11 is 0. The molecule has 6 nitrogen and oxygen atoms in total. The quantitative estimate of drug-likeness (QED) is 0.514. The van der Waals surface area contributed by atoms with E-state index in [1.807, 2.05) is 42.3 Å². The number of nitrogens with zero attached hydrogens (tertiary/aromatic N) is 4. The number of halogens is 1. The first-order valence-corrected chi connectivity index (χ1v) is 12.8. The van der Waals surface area contributed by atoms with Crippen molar-refractivity contribution in [2.45, 2.75) is 71.1 Å². The lowest BCUT2D eigenvalue weighted by molar-refractivity contribution is 0.0766. The zero-order valence-electron chi connectivity index (χ0n) is 20.5. The van der Waals surface area contributed by atoms with Crippen LogP contribution in [0.25, 0.3) is 22.4 Å². The highest BCUT2D eigenvalue weighted by molar-refractivity contribution is 6.00. The second-order valence-corrected chi connectivity index (χ2v) is 10.8. The Kier molecular flexibility index (Phi) is 5.48. The van der Waals surface area contributed by atoms with Gasteiger partial charge in [-0.2, -0.15) is 9.49 Å². The second kappa shape index (κ2) is 8.55. The van der Waals surface area contributed by atoms with E-state index in [2.05, 4.69) is 17.3 Å². The number of benzene rings is 1. The lowest BCUT2D eigenvalue weighted by Crippen LogP contribution is -2.25. The fourth-order valence-corrected chi connectivity index (χ4v) is 5.78. The monoisotopic (exact) mass is 473 g/mol. The summed E-state index contributed by atoms with van der Waals surface area (Å²) in [5, 5.41) is 7.58. The van der Waals surface area contributed by atoms with Crippen molar-refractivity contribution in [3.63, 3.8) is 0 Å². The third-order valence-corrected chi connectivity index (χ3v) is 7.92. The smallest absolute Gasteiger partial charge is 0.254 e. The molecule has 3 aliphatic rings. The minimum atomic E-state index is -0.320. The molecule has 1 N–H and O–H groups in total. The summed E-state index contributed by atoms with van der Waals surface area (Å²) in [4.78, 5) is 19.9. The number of nitrogens with one attached hydrogen (secondary N) is 1. The Bertz CT molecular complexity index is 1290. The van der Waals surface area contributed by atoms with E-state index in [4.69, 9.17) is 4.98 Å². The first kappa shape index (κ1) is 22.4. The molecular weight excluding hydrogens is 441 g/mol. The van der Waals surface area contributed by atoms with Gasteiger partial charge in [-0.05, 0) is 55.8 Å². The molecule has 1 aliphatic heterocycles. The number of fused-ring (bicyclic) bond motifs is 1. The molecule has 7 heteroatoms. The fraction of sp³-hybridized carbons (Fsp3) is 0.464. The van der Waals surface area contributed by atoms with E-state index in [1.54, 1.807) is 6.20 Å². The molecule has 182 valence electrons. The highest BCUT2D eigenvalue weighted by Gasteiger charge is 2.38. The van der Waals surface area contributed by atoms with Gasteiger partial charge in [0.05, 0.1) is 23.1 Å². The van der Waals surface area contributed by atoms with Gasteiger partial charge in [-0.25, -0.2) is 4.68 Å². The fourth-order valence-electron chi connectivity index (χ4n) is 5.78. The lowest BCUT2D eigenvalue weighted by Gasteiger charge is -2.23. The minimum absolute atomic E-state index is 0.0929. The molecule has 3 heterocycles. The summed E-state index contributed by atoms with van der Waals surface area (Å²) in [5.74, 6) is -0.222. The Morgan fingerprint density at radius 3 is 2.66 bits per heavy atom. The van der Waals surface area contributed by atoms with Crippen LogP contribution in [0.1, 0.15) is 67.1 Å². The van der Waals surface area contributed by atoms with E-state index in [0.29, 0.717) is 42.5 Å². The Morgan fingerprint density at radius 1 is 1.11 bits per heavy atom. The largest absolute Gasteiger partial charge is 0.331 e. The summed E-state index contributed by atoms with van der Waals surface area (Å²) in [6, 6.07) is 10.2. The van der Waals surface area contributed by atoms with Gasteiger partial charge in [0.2, 0.25) is 5.95 Å². The topological polar surface area (TPSA) is 63.1 Å². The Balaban J connectivity index is 1.40. The minimum Gasteiger partial charge on any atom is -0.331 e. The average molecular weight is 474 g/mol. The van der Waals surface area contributed by atoms with Crippen LogP contribution < -0.4 is 5.32 Å². The number of pyridine rings is 1. The number of carbonyl (C=O) groups excluding carboxylic acids is 1. The van der Waals surface area contributed by atoms with Crippen LogP contribution in [0, 0.1) is 11.4 Å². The number of hydrogen-bond acceptors (Lipinski definition) is 4. The van der Waals surface area contributed by atoms with E-state index in [-0.39, 0.29) is 17.3 Å². The predicted octanol–water partition coefficient (Wildman–Crippen LogP) is 5.17. The van der Waals surface area contributed by atoms with E-state index < -0.39 is 0 Å². The van der Waals surface area contributed by atoms with Crippen LogP contribution in [-0.4, -0.2) is 38.7 Å². The van der Waals surface area contributed by atoms with Gasteiger partial charge in [0.15, 0.2) is 0 Å². The van der Waals surface area contributed by atoms with Crippen molar-refractivity contribution in [1.29, 1.82) is 0 Å². The molecule has 0 saturated heterocycles. The SMILES string of the molecule is CNCc1ccc(-c2cnn(CC3(C)CCCC3)c2F)c(-c2ccc3c(c2)C(=O)N(C2CC2)C3)n1. The average Bonchev–Trinajstić information content (AvgIpc) is 3.40.